The molecule has 14 nitrogen and oxygen atoms in total. The first kappa shape index (κ1) is 39.9. The number of likely N-dealkylation sites (N-methyl/N-ethyl adjacent to an activating group) is 1. The number of thiophene rings is 1. The minimum Gasteiger partial charge on any atom is -0.462 e. The lowest BCUT2D eigenvalue weighted by molar-refractivity contribution is -0.0119. The summed E-state index contributed by atoms with van der Waals surface area (Å²) in [5.41, 5.74) is -0.807. The second-order valence-corrected chi connectivity index (χ2v) is 18.3. The maximum Gasteiger partial charge on any atom is 0.412 e. The van der Waals surface area contributed by atoms with E-state index in [4.69, 9.17) is 33.7 Å². The van der Waals surface area contributed by atoms with Gasteiger partial charge in [0.2, 0.25) is 0 Å². The highest BCUT2D eigenvalue weighted by atomic mass is 32.1. The molecular weight excluding hydrogens is 773 g/mol. The number of carbonyl (C=O) groups excluding carboxylic acids is 2. The van der Waals surface area contributed by atoms with Crippen LogP contribution in [0.4, 0.5) is 29.2 Å². The summed E-state index contributed by atoms with van der Waals surface area (Å²) < 4.78 is 63.8. The van der Waals surface area contributed by atoms with Crippen LogP contribution in [0.1, 0.15) is 71.1 Å². The standard InChI is InChI=1S/C41H47F2N7O7S/c1-40(2,3)56-38(51)47-36-24(14-44)29-28(58-36)11-10-27(42)32(29)30-25-19-54-20-26(25)31-34(33(30)43)45-37(55-18-23-17-53-13-12-48(23)7)46-35(31)50-21-8-9-22(50)16-49(15-21)39(52)57-41(4,5)6/h10-11,21-23H,8-9,12-13,15-20H2,1-7H3,(H,47,51)/t21?,22?,23-/m0/s1. The van der Waals surface area contributed by atoms with Gasteiger partial charge in [-0.15, -0.1) is 11.3 Å². The third kappa shape index (κ3) is 7.47. The number of aromatic nitrogens is 2. The van der Waals surface area contributed by atoms with Crippen LogP contribution in [0.25, 0.3) is 32.1 Å². The van der Waals surface area contributed by atoms with E-state index >= 15 is 8.78 Å². The molecule has 0 aliphatic carbocycles. The summed E-state index contributed by atoms with van der Waals surface area (Å²) in [6.45, 7) is 13.3. The maximum atomic E-state index is 17.8. The van der Waals surface area contributed by atoms with Crippen LogP contribution in [0.3, 0.4) is 0 Å². The number of morpholine rings is 1. The van der Waals surface area contributed by atoms with Gasteiger partial charge in [0, 0.05) is 52.9 Å². The van der Waals surface area contributed by atoms with E-state index < -0.39 is 35.0 Å². The van der Waals surface area contributed by atoms with Crippen LogP contribution in [0, 0.1) is 23.0 Å². The lowest BCUT2D eigenvalue weighted by atomic mass is 9.90. The van der Waals surface area contributed by atoms with Crippen molar-refractivity contribution in [1.82, 2.24) is 19.8 Å². The number of hydrogen-bond acceptors (Lipinski definition) is 13. The van der Waals surface area contributed by atoms with Crippen molar-refractivity contribution >= 4 is 55.3 Å². The molecule has 58 heavy (non-hydrogen) atoms. The van der Waals surface area contributed by atoms with E-state index in [1.54, 1.807) is 25.7 Å². The minimum absolute atomic E-state index is 0.0295. The largest absolute Gasteiger partial charge is 0.462 e. The summed E-state index contributed by atoms with van der Waals surface area (Å²) in [6, 6.07) is 4.35. The van der Waals surface area contributed by atoms with Crippen molar-refractivity contribution in [1.29, 1.82) is 5.26 Å². The van der Waals surface area contributed by atoms with Crippen LogP contribution in [0.15, 0.2) is 12.1 Å². The SMILES string of the molecule is CN1CCOC[C@H]1COc1nc(N2C3CCC2CN(C(=O)OC(C)(C)C)C3)c2c3c(c(-c4c(F)ccc5sc(NC(=O)OC(C)(C)C)c(C#N)c45)c(F)c2n1)COC3. The number of nitrogens with zero attached hydrogens (tertiary/aromatic N) is 6. The summed E-state index contributed by atoms with van der Waals surface area (Å²) in [7, 11) is 1.98. The van der Waals surface area contributed by atoms with Gasteiger partial charge in [0.05, 0.1) is 43.4 Å². The number of piperazine rings is 1. The molecule has 0 saturated carbocycles. The molecule has 4 aliphatic rings. The molecule has 3 fully saturated rings. The van der Waals surface area contributed by atoms with Gasteiger partial charge < -0.3 is 33.5 Å². The van der Waals surface area contributed by atoms with Crippen molar-refractivity contribution in [3.63, 3.8) is 0 Å². The third-order valence-electron chi connectivity index (χ3n) is 10.8. The molecule has 4 aliphatic heterocycles. The first-order valence-corrected chi connectivity index (χ1v) is 20.3. The van der Waals surface area contributed by atoms with Gasteiger partial charge in [-0.1, -0.05) is 0 Å². The molecule has 3 saturated heterocycles. The number of fused-ring (bicyclic) bond motifs is 6. The zero-order valence-electron chi connectivity index (χ0n) is 33.7. The van der Waals surface area contributed by atoms with Gasteiger partial charge in [-0.3, -0.25) is 10.2 Å². The number of nitriles is 1. The van der Waals surface area contributed by atoms with Crippen molar-refractivity contribution in [3.05, 3.63) is 40.5 Å². The molecule has 4 aromatic rings. The molecule has 2 amide bonds. The van der Waals surface area contributed by atoms with Crippen molar-refractivity contribution in [3.8, 4) is 23.2 Å². The third-order valence-corrected chi connectivity index (χ3v) is 11.9. The molecule has 1 N–H and O–H groups in total. The molecule has 17 heteroatoms. The summed E-state index contributed by atoms with van der Waals surface area (Å²) in [4.78, 5) is 41.7. The van der Waals surface area contributed by atoms with E-state index in [1.807, 2.05) is 27.8 Å². The second-order valence-electron chi connectivity index (χ2n) is 17.2. The molecule has 0 spiro atoms. The molecule has 308 valence electrons. The average molecular weight is 820 g/mol. The van der Waals surface area contributed by atoms with Crippen molar-refractivity contribution in [2.24, 2.45) is 0 Å². The minimum atomic E-state index is -0.825. The Hall–Kier alpha value is -4.89. The molecule has 2 aromatic heterocycles. The molecule has 0 radical (unpaired) electrons. The van der Waals surface area contributed by atoms with Gasteiger partial charge in [-0.2, -0.15) is 15.2 Å². The van der Waals surface area contributed by atoms with Crippen LogP contribution in [-0.4, -0.2) is 108 Å². The van der Waals surface area contributed by atoms with Crippen LogP contribution < -0.4 is 15.0 Å². The highest BCUT2D eigenvalue weighted by molar-refractivity contribution is 7.23. The predicted octanol–water partition coefficient (Wildman–Crippen LogP) is 7.34. The van der Waals surface area contributed by atoms with Crippen LogP contribution in [0.2, 0.25) is 0 Å². The fraction of sp³-hybridized carbons (Fsp3) is 0.537. The molecule has 2 aromatic carbocycles. The monoisotopic (exact) mass is 819 g/mol. The molecule has 3 atom stereocenters. The lowest BCUT2D eigenvalue weighted by Gasteiger charge is -2.42. The Morgan fingerprint density at radius 3 is 2.36 bits per heavy atom. The lowest BCUT2D eigenvalue weighted by Crippen LogP contribution is -2.56. The van der Waals surface area contributed by atoms with E-state index in [0.717, 1.165) is 24.2 Å². The number of halogens is 2. The average Bonchev–Trinajstić information content (AvgIpc) is 3.83. The first-order chi connectivity index (χ1) is 27.5. The smallest absolute Gasteiger partial charge is 0.412 e. The van der Waals surface area contributed by atoms with Crippen LogP contribution in [-0.2, 0) is 32.2 Å². The number of amides is 2. The number of hydrogen-bond donors (Lipinski definition) is 1. The Labute approximate surface area is 338 Å². The van der Waals surface area contributed by atoms with Gasteiger partial charge >= 0.3 is 18.2 Å². The number of benzene rings is 2. The maximum absolute atomic E-state index is 17.8. The van der Waals surface area contributed by atoms with Gasteiger partial charge in [-0.25, -0.2) is 18.4 Å². The quantitative estimate of drug-likeness (QED) is 0.207. The van der Waals surface area contributed by atoms with E-state index in [0.29, 0.717) is 59.9 Å². The number of ether oxygens (including phenoxy) is 5. The Balaban J connectivity index is 1.29. The Kier molecular flexibility index (Phi) is 10.4. The molecule has 8 rings (SSSR count). The fourth-order valence-corrected chi connectivity index (χ4v) is 9.36. The summed E-state index contributed by atoms with van der Waals surface area (Å²) in [5.74, 6) is -1.14. The molecule has 6 heterocycles. The zero-order chi connectivity index (χ0) is 41.3. The van der Waals surface area contributed by atoms with E-state index in [9.17, 15) is 14.9 Å². The van der Waals surface area contributed by atoms with E-state index in [1.165, 1.54) is 12.1 Å². The number of rotatable bonds is 6. The van der Waals surface area contributed by atoms with Gasteiger partial charge in [-0.05, 0) is 84.7 Å². The Morgan fingerprint density at radius 1 is 0.983 bits per heavy atom. The Bertz CT molecular complexity index is 2340. The molecular formula is C41H47F2N7O7S. The summed E-state index contributed by atoms with van der Waals surface area (Å²) >= 11 is 1.06. The second kappa shape index (κ2) is 15.0. The predicted molar refractivity (Wildman–Crippen MR) is 213 cm³/mol. The van der Waals surface area contributed by atoms with Gasteiger partial charge in [0.25, 0.3) is 0 Å². The molecule has 2 bridgehead atoms. The number of nitrogens with one attached hydrogen (secondary N) is 1. The van der Waals surface area contributed by atoms with Gasteiger partial charge in [0.15, 0.2) is 5.82 Å². The fourth-order valence-electron chi connectivity index (χ4n) is 8.31. The Morgan fingerprint density at radius 2 is 1.69 bits per heavy atom. The highest BCUT2D eigenvalue weighted by Crippen LogP contribution is 2.49. The number of carbonyl (C=O) groups is 2. The normalized spacial score (nSPS) is 21.0. The topological polar surface area (TPSA) is 152 Å². The van der Waals surface area contributed by atoms with Crippen molar-refractivity contribution < 1.29 is 42.1 Å². The van der Waals surface area contributed by atoms with Crippen LogP contribution in [0.5, 0.6) is 6.01 Å². The summed E-state index contributed by atoms with van der Waals surface area (Å²) in [5, 5.41) is 13.8. The zero-order valence-corrected chi connectivity index (χ0v) is 34.5. The number of anilines is 2. The van der Waals surface area contributed by atoms with Gasteiger partial charge in [0.1, 0.15) is 46.0 Å². The first-order valence-electron chi connectivity index (χ1n) is 19.5. The van der Waals surface area contributed by atoms with E-state index in [2.05, 4.69) is 21.2 Å². The van der Waals surface area contributed by atoms with Crippen molar-refractivity contribution in [2.45, 2.75) is 96.9 Å². The molecule has 2 unspecified atom stereocenters. The van der Waals surface area contributed by atoms with E-state index in [-0.39, 0.29) is 76.6 Å². The number of likely N-dealkylation sites (tertiary alicyclic amines) is 1. The van der Waals surface area contributed by atoms with Crippen LogP contribution >= 0.6 is 11.3 Å². The summed E-state index contributed by atoms with van der Waals surface area (Å²) in [6.07, 6.45) is 0.344. The highest BCUT2D eigenvalue weighted by Gasteiger charge is 2.45. The van der Waals surface area contributed by atoms with Crippen molar-refractivity contribution in [2.75, 3.05) is 56.7 Å².